The first kappa shape index (κ1) is 10.7. The quantitative estimate of drug-likeness (QED) is 0.727. The summed E-state index contributed by atoms with van der Waals surface area (Å²) in [6.07, 6.45) is 2.68. The number of nitrogens with zero attached hydrogens (tertiary/aromatic N) is 1. The lowest BCUT2D eigenvalue weighted by Crippen LogP contribution is -2.10. The molecule has 0 amide bonds. The number of allylic oxidation sites excluding steroid dienone is 1. The van der Waals surface area contributed by atoms with Crippen molar-refractivity contribution in [2.45, 2.75) is 6.42 Å². The highest BCUT2D eigenvalue weighted by molar-refractivity contribution is 6.08. The largest absolute Gasteiger partial charge is 0.489 e. The SMILES string of the molecule is CN(C)c1cccc(C(=O)C2=CCCO2)c1. The topological polar surface area (TPSA) is 29.5 Å². The first-order valence-corrected chi connectivity index (χ1v) is 5.33. The predicted octanol–water partition coefficient (Wildman–Crippen LogP) is 2.24. The first-order valence-electron chi connectivity index (χ1n) is 5.33. The van der Waals surface area contributed by atoms with E-state index in [1.54, 1.807) is 0 Å². The van der Waals surface area contributed by atoms with E-state index in [1.165, 1.54) is 0 Å². The maximum atomic E-state index is 12.0. The van der Waals surface area contributed by atoms with Crippen LogP contribution in [0.2, 0.25) is 0 Å². The minimum atomic E-state index is -0.0267. The standard InChI is InChI=1S/C13H15NO2/c1-14(2)11-6-3-5-10(9-11)13(15)12-7-4-8-16-12/h3,5-7,9H,4,8H2,1-2H3. The van der Waals surface area contributed by atoms with Gasteiger partial charge in [-0.05, 0) is 18.2 Å². The Kier molecular flexibility index (Phi) is 2.95. The van der Waals surface area contributed by atoms with Crippen molar-refractivity contribution in [3.8, 4) is 0 Å². The monoisotopic (exact) mass is 217 g/mol. The average Bonchev–Trinajstić information content (AvgIpc) is 2.81. The van der Waals surface area contributed by atoms with E-state index in [9.17, 15) is 4.79 Å². The lowest BCUT2D eigenvalue weighted by molar-refractivity contribution is 0.0942. The fraction of sp³-hybridized carbons (Fsp3) is 0.308. The zero-order valence-electron chi connectivity index (χ0n) is 9.56. The van der Waals surface area contributed by atoms with Crippen molar-refractivity contribution < 1.29 is 9.53 Å². The van der Waals surface area contributed by atoms with Gasteiger partial charge in [0, 0.05) is 31.8 Å². The van der Waals surface area contributed by atoms with Gasteiger partial charge in [-0.2, -0.15) is 0 Å². The van der Waals surface area contributed by atoms with Crippen molar-refractivity contribution in [3.05, 3.63) is 41.7 Å². The van der Waals surface area contributed by atoms with Gasteiger partial charge < -0.3 is 9.64 Å². The van der Waals surface area contributed by atoms with Gasteiger partial charge in [0.25, 0.3) is 0 Å². The molecule has 0 spiro atoms. The van der Waals surface area contributed by atoms with E-state index in [-0.39, 0.29) is 5.78 Å². The van der Waals surface area contributed by atoms with Gasteiger partial charge in [0.15, 0.2) is 5.76 Å². The third-order valence-corrected chi connectivity index (χ3v) is 2.55. The summed E-state index contributed by atoms with van der Waals surface area (Å²) in [5.74, 6) is 0.456. The van der Waals surface area contributed by atoms with Crippen LogP contribution in [0.1, 0.15) is 16.8 Å². The smallest absolute Gasteiger partial charge is 0.227 e. The number of benzene rings is 1. The summed E-state index contributed by atoms with van der Waals surface area (Å²) in [4.78, 5) is 14.0. The molecular weight excluding hydrogens is 202 g/mol. The lowest BCUT2D eigenvalue weighted by Gasteiger charge is -2.13. The maximum absolute atomic E-state index is 12.0. The van der Waals surface area contributed by atoms with Gasteiger partial charge in [-0.25, -0.2) is 0 Å². The first-order chi connectivity index (χ1) is 7.68. The number of Topliss-reactive ketones (excluding diaryl/α,β-unsaturated/α-hetero) is 1. The van der Waals surface area contributed by atoms with Crippen molar-refractivity contribution in [2.75, 3.05) is 25.6 Å². The van der Waals surface area contributed by atoms with Crippen molar-refractivity contribution in [3.63, 3.8) is 0 Å². The van der Waals surface area contributed by atoms with Crippen LogP contribution in [-0.4, -0.2) is 26.5 Å². The predicted molar refractivity (Wildman–Crippen MR) is 63.8 cm³/mol. The van der Waals surface area contributed by atoms with Crippen molar-refractivity contribution >= 4 is 11.5 Å². The summed E-state index contributed by atoms with van der Waals surface area (Å²) in [6.45, 7) is 0.619. The molecule has 0 unspecified atom stereocenters. The molecule has 1 heterocycles. The van der Waals surface area contributed by atoms with Crippen molar-refractivity contribution in [1.82, 2.24) is 0 Å². The molecule has 0 radical (unpaired) electrons. The molecular formula is C13H15NO2. The zero-order chi connectivity index (χ0) is 11.5. The zero-order valence-corrected chi connectivity index (χ0v) is 9.56. The summed E-state index contributed by atoms with van der Waals surface area (Å²) < 4.78 is 5.27. The Morgan fingerprint density at radius 1 is 1.38 bits per heavy atom. The normalized spacial score (nSPS) is 14.2. The van der Waals surface area contributed by atoms with Gasteiger partial charge in [-0.15, -0.1) is 0 Å². The molecule has 84 valence electrons. The van der Waals surface area contributed by atoms with Gasteiger partial charge in [0.05, 0.1) is 6.61 Å². The summed E-state index contributed by atoms with van der Waals surface area (Å²) in [5.41, 5.74) is 1.70. The van der Waals surface area contributed by atoms with E-state index in [1.807, 2.05) is 49.3 Å². The molecule has 1 aromatic carbocycles. The summed E-state index contributed by atoms with van der Waals surface area (Å²) in [7, 11) is 3.91. The molecule has 0 N–H and O–H groups in total. The Hall–Kier alpha value is -1.77. The Morgan fingerprint density at radius 3 is 2.81 bits per heavy atom. The average molecular weight is 217 g/mol. The van der Waals surface area contributed by atoms with Gasteiger partial charge in [-0.1, -0.05) is 12.1 Å². The van der Waals surface area contributed by atoms with Crippen molar-refractivity contribution in [1.29, 1.82) is 0 Å². The fourth-order valence-corrected chi connectivity index (χ4v) is 1.64. The van der Waals surface area contributed by atoms with Gasteiger partial charge in [-0.3, -0.25) is 4.79 Å². The second kappa shape index (κ2) is 4.39. The van der Waals surface area contributed by atoms with Crippen LogP contribution in [-0.2, 0) is 4.74 Å². The number of carbonyl (C=O) groups is 1. The molecule has 1 aliphatic heterocycles. The summed E-state index contributed by atoms with van der Waals surface area (Å²) >= 11 is 0. The third-order valence-electron chi connectivity index (χ3n) is 2.55. The molecule has 2 rings (SSSR count). The minimum absolute atomic E-state index is 0.0267. The van der Waals surface area contributed by atoms with E-state index >= 15 is 0 Å². The Balaban J connectivity index is 2.26. The third kappa shape index (κ3) is 2.08. The van der Waals surface area contributed by atoms with E-state index in [2.05, 4.69) is 0 Å². The highest BCUT2D eigenvalue weighted by Gasteiger charge is 2.17. The number of rotatable bonds is 3. The minimum Gasteiger partial charge on any atom is -0.489 e. The number of carbonyl (C=O) groups excluding carboxylic acids is 1. The van der Waals surface area contributed by atoms with Crippen LogP contribution in [0, 0.1) is 0 Å². The molecule has 3 nitrogen and oxygen atoms in total. The molecule has 0 aliphatic carbocycles. The molecule has 1 aliphatic rings. The molecule has 0 aromatic heterocycles. The van der Waals surface area contributed by atoms with Crippen LogP contribution in [0.15, 0.2) is 36.1 Å². The van der Waals surface area contributed by atoms with Crippen LogP contribution < -0.4 is 4.90 Å². The molecule has 0 fully saturated rings. The summed E-state index contributed by atoms with van der Waals surface area (Å²) in [5, 5.41) is 0. The highest BCUT2D eigenvalue weighted by atomic mass is 16.5. The highest BCUT2D eigenvalue weighted by Crippen LogP contribution is 2.19. The van der Waals surface area contributed by atoms with Crippen LogP contribution in [0.3, 0.4) is 0 Å². The molecule has 0 saturated heterocycles. The van der Waals surface area contributed by atoms with Crippen LogP contribution in [0.25, 0.3) is 0 Å². The lowest BCUT2D eigenvalue weighted by atomic mass is 10.1. The van der Waals surface area contributed by atoms with Crippen molar-refractivity contribution in [2.24, 2.45) is 0 Å². The number of hydrogen-bond donors (Lipinski definition) is 0. The van der Waals surface area contributed by atoms with E-state index in [4.69, 9.17) is 4.74 Å². The van der Waals surface area contributed by atoms with Gasteiger partial charge >= 0.3 is 0 Å². The summed E-state index contributed by atoms with van der Waals surface area (Å²) in [6, 6.07) is 7.56. The number of ketones is 1. The van der Waals surface area contributed by atoms with Gasteiger partial charge in [0.1, 0.15) is 0 Å². The van der Waals surface area contributed by atoms with E-state index < -0.39 is 0 Å². The van der Waals surface area contributed by atoms with Crippen LogP contribution in [0.5, 0.6) is 0 Å². The molecule has 3 heteroatoms. The number of hydrogen-bond acceptors (Lipinski definition) is 3. The Morgan fingerprint density at radius 2 is 2.19 bits per heavy atom. The molecule has 16 heavy (non-hydrogen) atoms. The molecule has 0 atom stereocenters. The van der Waals surface area contributed by atoms with E-state index in [0.29, 0.717) is 17.9 Å². The van der Waals surface area contributed by atoms with E-state index in [0.717, 1.165) is 12.1 Å². The fourth-order valence-electron chi connectivity index (χ4n) is 1.64. The second-order valence-electron chi connectivity index (χ2n) is 3.98. The number of ether oxygens (including phenoxy) is 1. The Labute approximate surface area is 95.3 Å². The molecule has 0 bridgehead atoms. The molecule has 1 aromatic rings. The number of anilines is 1. The van der Waals surface area contributed by atoms with Crippen LogP contribution >= 0.6 is 0 Å². The van der Waals surface area contributed by atoms with Crippen LogP contribution in [0.4, 0.5) is 5.69 Å². The second-order valence-corrected chi connectivity index (χ2v) is 3.98. The maximum Gasteiger partial charge on any atom is 0.227 e. The Bertz CT molecular complexity index is 435. The molecule has 0 saturated carbocycles. The van der Waals surface area contributed by atoms with Gasteiger partial charge in [0.2, 0.25) is 5.78 Å².